The van der Waals surface area contributed by atoms with Gasteiger partial charge >= 0.3 is 0 Å². The SMILES string of the molecule is CCc1nc2ccccc2n1-c1ccccc1-c1ccc(-c2c3ccccc3c(-c3ccccc3)c3cc(-c4ccccc4)ccc23)cc1. The van der Waals surface area contributed by atoms with Crippen LogP contribution in [0.3, 0.4) is 0 Å². The third-order valence-electron chi connectivity index (χ3n) is 9.77. The Labute approximate surface area is 286 Å². The molecule has 232 valence electrons. The zero-order chi connectivity index (χ0) is 32.7. The Morgan fingerprint density at radius 1 is 0.429 bits per heavy atom. The molecule has 9 aromatic rings. The molecule has 8 aromatic carbocycles. The molecule has 0 atom stereocenters. The van der Waals surface area contributed by atoms with Crippen molar-refractivity contribution in [3.05, 3.63) is 182 Å². The molecule has 0 saturated heterocycles. The first-order valence-corrected chi connectivity index (χ1v) is 17.0. The van der Waals surface area contributed by atoms with Crippen LogP contribution >= 0.6 is 0 Å². The van der Waals surface area contributed by atoms with Crippen LogP contribution in [0.5, 0.6) is 0 Å². The van der Waals surface area contributed by atoms with Crippen LogP contribution in [0.4, 0.5) is 0 Å². The Morgan fingerprint density at radius 2 is 0.959 bits per heavy atom. The van der Waals surface area contributed by atoms with Gasteiger partial charge in [0, 0.05) is 12.0 Å². The van der Waals surface area contributed by atoms with Crippen LogP contribution in [0.15, 0.2) is 176 Å². The third-order valence-corrected chi connectivity index (χ3v) is 9.77. The minimum absolute atomic E-state index is 0.854. The van der Waals surface area contributed by atoms with Crippen LogP contribution < -0.4 is 0 Å². The summed E-state index contributed by atoms with van der Waals surface area (Å²) in [4.78, 5) is 4.97. The predicted molar refractivity (Wildman–Crippen MR) is 207 cm³/mol. The summed E-state index contributed by atoms with van der Waals surface area (Å²) in [5.74, 6) is 1.07. The summed E-state index contributed by atoms with van der Waals surface area (Å²) in [6, 6.07) is 63.7. The van der Waals surface area contributed by atoms with Gasteiger partial charge in [0.15, 0.2) is 0 Å². The lowest BCUT2D eigenvalue weighted by Crippen LogP contribution is -2.02. The molecular weight excluding hydrogens is 593 g/mol. The van der Waals surface area contributed by atoms with Crippen molar-refractivity contribution < 1.29 is 0 Å². The molecule has 0 radical (unpaired) electrons. The van der Waals surface area contributed by atoms with Crippen molar-refractivity contribution in [1.29, 1.82) is 0 Å². The number of nitrogens with zero attached hydrogens (tertiary/aromatic N) is 2. The summed E-state index contributed by atoms with van der Waals surface area (Å²) < 4.78 is 2.33. The third kappa shape index (κ3) is 4.92. The molecule has 2 heteroatoms. The molecule has 0 amide bonds. The summed E-state index contributed by atoms with van der Waals surface area (Å²) in [5, 5.41) is 5.03. The second-order valence-corrected chi connectivity index (χ2v) is 12.6. The van der Waals surface area contributed by atoms with Crippen molar-refractivity contribution in [3.63, 3.8) is 0 Å². The van der Waals surface area contributed by atoms with Gasteiger partial charge in [0.05, 0.1) is 16.7 Å². The first kappa shape index (κ1) is 28.9. The molecule has 0 aliphatic heterocycles. The molecule has 1 heterocycles. The number of hydrogen-bond donors (Lipinski definition) is 0. The summed E-state index contributed by atoms with van der Waals surface area (Å²) in [5.41, 5.74) is 13.1. The van der Waals surface area contributed by atoms with E-state index in [4.69, 9.17) is 4.98 Å². The highest BCUT2D eigenvalue weighted by Crippen LogP contribution is 2.45. The second kappa shape index (κ2) is 12.1. The highest BCUT2D eigenvalue weighted by atomic mass is 15.1. The lowest BCUT2D eigenvalue weighted by atomic mass is 9.84. The molecular formula is C47H34N2. The van der Waals surface area contributed by atoms with Crippen LogP contribution in [0.1, 0.15) is 12.7 Å². The van der Waals surface area contributed by atoms with Crippen LogP contribution in [-0.2, 0) is 6.42 Å². The fourth-order valence-corrected chi connectivity index (χ4v) is 7.53. The predicted octanol–water partition coefficient (Wildman–Crippen LogP) is 12.6. The van der Waals surface area contributed by atoms with Gasteiger partial charge in [-0.05, 0) is 84.8 Å². The van der Waals surface area contributed by atoms with E-state index in [-0.39, 0.29) is 0 Å². The average Bonchev–Trinajstić information content (AvgIpc) is 3.56. The zero-order valence-corrected chi connectivity index (χ0v) is 27.3. The number of aryl methyl sites for hydroxylation is 1. The summed E-state index contributed by atoms with van der Waals surface area (Å²) in [6.07, 6.45) is 0.854. The Hall–Kier alpha value is -6.25. The summed E-state index contributed by atoms with van der Waals surface area (Å²) >= 11 is 0. The summed E-state index contributed by atoms with van der Waals surface area (Å²) in [6.45, 7) is 2.18. The zero-order valence-electron chi connectivity index (χ0n) is 27.3. The molecule has 0 aliphatic carbocycles. The Balaban J connectivity index is 1.25. The topological polar surface area (TPSA) is 17.8 Å². The Kier molecular flexibility index (Phi) is 7.13. The van der Waals surface area contributed by atoms with Crippen molar-refractivity contribution in [2.75, 3.05) is 0 Å². The standard InChI is InChI=1S/C47H34N2/c1-2-45-48-42-22-12-14-24-44(42)49(45)43-23-13-11-19-37(43)33-25-27-35(28-26-33)46-38-20-9-10-21-39(38)47(34-17-7-4-8-18-34)41-31-36(29-30-40(41)46)32-15-5-3-6-16-32/h3-31H,2H2,1H3. The molecule has 0 fully saturated rings. The van der Waals surface area contributed by atoms with Gasteiger partial charge in [-0.3, -0.25) is 4.57 Å². The maximum atomic E-state index is 4.97. The first-order chi connectivity index (χ1) is 24.3. The Morgan fingerprint density at radius 3 is 1.69 bits per heavy atom. The van der Waals surface area contributed by atoms with E-state index in [0.717, 1.165) is 29.0 Å². The van der Waals surface area contributed by atoms with E-state index < -0.39 is 0 Å². The van der Waals surface area contributed by atoms with Crippen molar-refractivity contribution in [2.45, 2.75) is 13.3 Å². The molecule has 0 unspecified atom stereocenters. The highest BCUT2D eigenvalue weighted by molar-refractivity contribution is 6.22. The molecule has 0 spiro atoms. The van der Waals surface area contributed by atoms with Gasteiger partial charge in [0.2, 0.25) is 0 Å². The van der Waals surface area contributed by atoms with E-state index in [2.05, 4.69) is 187 Å². The largest absolute Gasteiger partial charge is 0.296 e. The van der Waals surface area contributed by atoms with Crippen LogP contribution in [0, 0.1) is 0 Å². The maximum Gasteiger partial charge on any atom is 0.114 e. The first-order valence-electron chi connectivity index (χ1n) is 17.0. The molecule has 0 N–H and O–H groups in total. The number of benzene rings is 8. The lowest BCUT2D eigenvalue weighted by Gasteiger charge is -2.19. The van der Waals surface area contributed by atoms with E-state index in [1.807, 2.05) is 0 Å². The van der Waals surface area contributed by atoms with Crippen molar-refractivity contribution in [2.24, 2.45) is 0 Å². The van der Waals surface area contributed by atoms with Gasteiger partial charge in [0.25, 0.3) is 0 Å². The normalized spacial score (nSPS) is 11.4. The number of hydrogen-bond acceptors (Lipinski definition) is 1. The van der Waals surface area contributed by atoms with Gasteiger partial charge in [-0.2, -0.15) is 0 Å². The lowest BCUT2D eigenvalue weighted by molar-refractivity contribution is 0.909. The number of fused-ring (bicyclic) bond motifs is 3. The monoisotopic (exact) mass is 626 g/mol. The average molecular weight is 627 g/mol. The van der Waals surface area contributed by atoms with Gasteiger partial charge in [-0.1, -0.05) is 159 Å². The van der Waals surface area contributed by atoms with Crippen molar-refractivity contribution in [1.82, 2.24) is 9.55 Å². The molecule has 0 saturated carbocycles. The minimum Gasteiger partial charge on any atom is -0.296 e. The van der Waals surface area contributed by atoms with E-state index in [1.54, 1.807) is 0 Å². The molecule has 9 rings (SSSR count). The van der Waals surface area contributed by atoms with Gasteiger partial charge in [0.1, 0.15) is 5.82 Å². The number of para-hydroxylation sites is 3. The van der Waals surface area contributed by atoms with Gasteiger partial charge < -0.3 is 0 Å². The van der Waals surface area contributed by atoms with Gasteiger partial charge in [-0.25, -0.2) is 4.98 Å². The fraction of sp³-hybridized carbons (Fsp3) is 0.0426. The van der Waals surface area contributed by atoms with E-state index >= 15 is 0 Å². The van der Waals surface area contributed by atoms with E-state index in [1.165, 1.54) is 66.1 Å². The van der Waals surface area contributed by atoms with Crippen LogP contribution in [0.25, 0.3) is 82.8 Å². The van der Waals surface area contributed by atoms with E-state index in [9.17, 15) is 0 Å². The van der Waals surface area contributed by atoms with Crippen molar-refractivity contribution >= 4 is 32.6 Å². The minimum atomic E-state index is 0.854. The number of imidazole rings is 1. The smallest absolute Gasteiger partial charge is 0.114 e. The number of aromatic nitrogens is 2. The number of rotatable bonds is 6. The van der Waals surface area contributed by atoms with Gasteiger partial charge in [-0.15, -0.1) is 0 Å². The summed E-state index contributed by atoms with van der Waals surface area (Å²) in [7, 11) is 0. The molecule has 0 aliphatic rings. The Bertz CT molecular complexity index is 2610. The quantitative estimate of drug-likeness (QED) is 0.168. The fourth-order valence-electron chi connectivity index (χ4n) is 7.53. The molecule has 2 nitrogen and oxygen atoms in total. The maximum absolute atomic E-state index is 4.97. The molecule has 0 bridgehead atoms. The van der Waals surface area contributed by atoms with Crippen molar-refractivity contribution in [3.8, 4) is 50.2 Å². The molecule has 49 heavy (non-hydrogen) atoms. The van der Waals surface area contributed by atoms with Crippen LogP contribution in [0.2, 0.25) is 0 Å². The van der Waals surface area contributed by atoms with E-state index in [0.29, 0.717) is 0 Å². The second-order valence-electron chi connectivity index (χ2n) is 12.6. The highest BCUT2D eigenvalue weighted by Gasteiger charge is 2.19. The molecule has 1 aromatic heterocycles. The van der Waals surface area contributed by atoms with Crippen LogP contribution in [-0.4, -0.2) is 9.55 Å².